The van der Waals surface area contributed by atoms with Crippen LogP contribution in [0.3, 0.4) is 0 Å². The second kappa shape index (κ2) is 9.02. The van der Waals surface area contributed by atoms with Gasteiger partial charge in [-0.3, -0.25) is 4.79 Å². The lowest BCUT2D eigenvalue weighted by molar-refractivity contribution is 0.0998. The van der Waals surface area contributed by atoms with E-state index in [0.29, 0.717) is 5.56 Å². The summed E-state index contributed by atoms with van der Waals surface area (Å²) in [6.07, 6.45) is 2.10. The number of rotatable bonds is 5. The molecule has 0 spiro atoms. The number of carbonyl (C=O) groups is 1. The van der Waals surface area contributed by atoms with Crippen molar-refractivity contribution in [3.05, 3.63) is 88.2 Å². The molecule has 0 radical (unpaired) electrons. The number of aromatic nitrogens is 1. The molecule has 5 heteroatoms. The molecule has 1 heterocycles. The van der Waals surface area contributed by atoms with Crippen molar-refractivity contribution < 1.29 is 4.79 Å². The smallest absolute Gasteiger partial charge is 0.279 e. The van der Waals surface area contributed by atoms with Gasteiger partial charge in [0.2, 0.25) is 0 Å². The fourth-order valence-corrected chi connectivity index (χ4v) is 4.89. The molecule has 0 fully saturated rings. The molecule has 30 heavy (non-hydrogen) atoms. The van der Waals surface area contributed by atoms with Crippen molar-refractivity contribution in [2.24, 2.45) is 4.99 Å². The first-order valence-corrected chi connectivity index (χ1v) is 12.1. The summed E-state index contributed by atoms with van der Waals surface area (Å²) >= 11 is 3.38. The Bertz CT molecular complexity index is 1250. The molecule has 152 valence electrons. The molecule has 0 N–H and O–H groups in total. The van der Waals surface area contributed by atoms with Crippen LogP contribution in [0.5, 0.6) is 0 Å². The standard InChI is InChI=1S/C25H24N2OS2/c1-17-15-22-23(16-18(17)2)30-25(27(22)13-14-29-3)26-24(28)21-11-9-20(10-12-21)19-7-5-4-6-8-19/h4-12,15-16H,13-14H2,1-3H3. The van der Waals surface area contributed by atoms with Crippen LogP contribution in [0.4, 0.5) is 0 Å². The van der Waals surface area contributed by atoms with Crippen LogP contribution in [0.2, 0.25) is 0 Å². The lowest BCUT2D eigenvalue weighted by Gasteiger charge is -2.06. The summed E-state index contributed by atoms with van der Waals surface area (Å²) < 4.78 is 3.35. The predicted octanol–water partition coefficient (Wildman–Crippen LogP) is 6.09. The maximum Gasteiger partial charge on any atom is 0.279 e. The first-order valence-electron chi connectivity index (χ1n) is 9.91. The van der Waals surface area contributed by atoms with Crippen LogP contribution >= 0.6 is 23.1 Å². The number of hydrogen-bond donors (Lipinski definition) is 0. The molecule has 0 aliphatic heterocycles. The molecule has 0 saturated heterocycles. The molecule has 1 amide bonds. The molecule has 0 bridgehead atoms. The Kier molecular flexibility index (Phi) is 6.21. The highest BCUT2D eigenvalue weighted by molar-refractivity contribution is 7.98. The number of carbonyl (C=O) groups excluding carboxylic acids is 1. The topological polar surface area (TPSA) is 34.4 Å². The SMILES string of the molecule is CSCCn1c(=NC(=O)c2ccc(-c3ccccc3)cc2)sc2cc(C)c(C)cc21. The Morgan fingerprint density at radius 3 is 2.33 bits per heavy atom. The molecule has 0 atom stereocenters. The Morgan fingerprint density at radius 1 is 0.967 bits per heavy atom. The highest BCUT2D eigenvalue weighted by Crippen LogP contribution is 2.23. The summed E-state index contributed by atoms with van der Waals surface area (Å²) in [5, 5.41) is 0. The molecule has 0 aliphatic rings. The van der Waals surface area contributed by atoms with Gasteiger partial charge in [-0.15, -0.1) is 0 Å². The number of fused-ring (bicyclic) bond motifs is 1. The van der Waals surface area contributed by atoms with E-state index in [1.807, 2.05) is 42.5 Å². The zero-order valence-electron chi connectivity index (χ0n) is 17.4. The van der Waals surface area contributed by atoms with Crippen molar-refractivity contribution >= 4 is 39.2 Å². The van der Waals surface area contributed by atoms with Crippen LogP contribution in [0.25, 0.3) is 21.3 Å². The number of thiazole rings is 1. The van der Waals surface area contributed by atoms with Crippen LogP contribution in [-0.2, 0) is 6.54 Å². The minimum atomic E-state index is -0.201. The van der Waals surface area contributed by atoms with Crippen LogP contribution in [0.15, 0.2) is 71.7 Å². The van der Waals surface area contributed by atoms with Gasteiger partial charge in [0.1, 0.15) is 0 Å². The lowest BCUT2D eigenvalue weighted by Crippen LogP contribution is -2.18. The third kappa shape index (κ3) is 4.27. The summed E-state index contributed by atoms with van der Waals surface area (Å²) in [4.78, 5) is 18.2. The minimum absolute atomic E-state index is 0.201. The van der Waals surface area contributed by atoms with E-state index >= 15 is 0 Å². The molecule has 4 aromatic rings. The summed E-state index contributed by atoms with van der Waals surface area (Å²) in [6, 6.07) is 22.3. The normalized spacial score (nSPS) is 11.9. The average molecular weight is 433 g/mol. The van der Waals surface area contributed by atoms with Gasteiger partial charge in [0.25, 0.3) is 5.91 Å². The number of thioether (sulfide) groups is 1. The molecule has 3 aromatic carbocycles. The fourth-order valence-electron chi connectivity index (χ4n) is 3.39. The first kappa shape index (κ1) is 20.6. The van der Waals surface area contributed by atoms with E-state index in [2.05, 4.69) is 53.9 Å². The Hall–Kier alpha value is -2.63. The molecule has 3 nitrogen and oxygen atoms in total. The summed E-state index contributed by atoms with van der Waals surface area (Å²) in [6.45, 7) is 5.08. The quantitative estimate of drug-likeness (QED) is 0.382. The Labute approximate surface area is 185 Å². The summed E-state index contributed by atoms with van der Waals surface area (Å²) in [5.74, 6) is 0.777. The van der Waals surface area contributed by atoms with Crippen molar-refractivity contribution in [3.63, 3.8) is 0 Å². The number of hydrogen-bond acceptors (Lipinski definition) is 3. The van der Waals surface area contributed by atoms with E-state index in [9.17, 15) is 4.79 Å². The van der Waals surface area contributed by atoms with Crippen molar-refractivity contribution in [2.75, 3.05) is 12.0 Å². The maximum atomic E-state index is 12.9. The number of amides is 1. The van der Waals surface area contributed by atoms with E-state index < -0.39 is 0 Å². The van der Waals surface area contributed by atoms with Gasteiger partial charge >= 0.3 is 0 Å². The highest BCUT2D eigenvalue weighted by Gasteiger charge is 2.11. The molecule has 0 saturated carbocycles. The summed E-state index contributed by atoms with van der Waals surface area (Å²) in [7, 11) is 0. The second-order valence-corrected chi connectivity index (χ2v) is 9.29. The van der Waals surface area contributed by atoms with Crippen LogP contribution in [0, 0.1) is 13.8 Å². The molecule has 4 rings (SSSR count). The van der Waals surface area contributed by atoms with E-state index in [-0.39, 0.29) is 5.91 Å². The van der Waals surface area contributed by atoms with Gasteiger partial charge in [-0.25, -0.2) is 0 Å². The van der Waals surface area contributed by atoms with Gasteiger partial charge in [0.15, 0.2) is 4.80 Å². The van der Waals surface area contributed by atoms with Gasteiger partial charge in [0.05, 0.1) is 10.2 Å². The number of aryl methyl sites for hydroxylation is 3. The summed E-state index contributed by atoms with van der Waals surface area (Å²) in [5.41, 5.74) is 6.51. The van der Waals surface area contributed by atoms with E-state index in [1.54, 1.807) is 23.1 Å². The first-order chi connectivity index (χ1) is 14.6. The van der Waals surface area contributed by atoms with Crippen molar-refractivity contribution in [1.29, 1.82) is 0 Å². The van der Waals surface area contributed by atoms with E-state index in [1.165, 1.54) is 15.8 Å². The van der Waals surface area contributed by atoms with Crippen LogP contribution in [-0.4, -0.2) is 22.5 Å². The van der Waals surface area contributed by atoms with Gasteiger partial charge < -0.3 is 4.57 Å². The minimum Gasteiger partial charge on any atom is -0.315 e. The Morgan fingerprint density at radius 2 is 1.63 bits per heavy atom. The van der Waals surface area contributed by atoms with Crippen molar-refractivity contribution in [1.82, 2.24) is 4.57 Å². The molecular formula is C25H24N2OS2. The largest absolute Gasteiger partial charge is 0.315 e. The van der Waals surface area contributed by atoms with Crippen molar-refractivity contribution in [3.8, 4) is 11.1 Å². The lowest BCUT2D eigenvalue weighted by atomic mass is 10.0. The Balaban J connectivity index is 1.72. The van der Waals surface area contributed by atoms with Gasteiger partial charge in [-0.2, -0.15) is 16.8 Å². The zero-order valence-corrected chi connectivity index (χ0v) is 19.0. The van der Waals surface area contributed by atoms with Gasteiger partial charge in [-0.1, -0.05) is 53.8 Å². The zero-order chi connectivity index (χ0) is 21.1. The number of nitrogens with zero attached hydrogens (tertiary/aromatic N) is 2. The predicted molar refractivity (Wildman–Crippen MR) is 129 cm³/mol. The maximum absolute atomic E-state index is 12.9. The molecule has 0 aliphatic carbocycles. The van der Waals surface area contributed by atoms with E-state index in [4.69, 9.17) is 0 Å². The van der Waals surface area contributed by atoms with Crippen molar-refractivity contribution in [2.45, 2.75) is 20.4 Å². The monoisotopic (exact) mass is 432 g/mol. The third-order valence-corrected chi connectivity index (χ3v) is 6.89. The van der Waals surface area contributed by atoms with Crippen LogP contribution < -0.4 is 4.80 Å². The van der Waals surface area contributed by atoms with E-state index in [0.717, 1.165) is 33.7 Å². The van der Waals surface area contributed by atoms with Crippen LogP contribution in [0.1, 0.15) is 21.5 Å². The van der Waals surface area contributed by atoms with Gasteiger partial charge in [0, 0.05) is 17.9 Å². The number of benzene rings is 3. The fraction of sp³-hybridized carbons (Fsp3) is 0.200. The third-order valence-electron chi connectivity index (χ3n) is 5.25. The highest BCUT2D eigenvalue weighted by atomic mass is 32.2. The molecular weight excluding hydrogens is 408 g/mol. The van der Waals surface area contributed by atoms with Gasteiger partial charge in [-0.05, 0) is 66.6 Å². The molecule has 1 aromatic heterocycles. The second-order valence-electron chi connectivity index (χ2n) is 7.29. The average Bonchev–Trinajstić information content (AvgIpc) is 3.08. The molecule has 0 unspecified atom stereocenters.